The SMILES string of the molecule is CCCC1CCC(CC(=O)c2ccc(OCC)c(F)c2F)CC1.CCCC1CCC(CC(O)c2ccc(OCC)c(F)c2F)CC1.CCCC1CCC(CC)CC1.CCOc1cccc(F)c1F.C[O-].Oc1cccc(F)c1F. The number of carbonyl (C=O) groups is 1. The predicted molar refractivity (Wildman–Crippen MR) is 296 cm³/mol. The van der Waals surface area contributed by atoms with Gasteiger partial charge in [0.15, 0.2) is 57.9 Å². The molecule has 0 spiro atoms. The van der Waals surface area contributed by atoms with Crippen molar-refractivity contribution >= 4 is 5.78 Å². The number of carbonyl (C=O) groups excluding carboxylic acids is 1. The van der Waals surface area contributed by atoms with Crippen LogP contribution in [0.1, 0.15) is 205 Å². The van der Waals surface area contributed by atoms with E-state index in [-0.39, 0.29) is 47.4 Å². The molecule has 0 amide bonds. The molecule has 4 aromatic carbocycles. The number of aliphatic hydroxyl groups excluding tert-OH is 1. The van der Waals surface area contributed by atoms with E-state index in [1.807, 2.05) is 0 Å². The van der Waals surface area contributed by atoms with Crippen LogP contribution in [0.15, 0.2) is 60.7 Å². The number of phenolic OH excluding ortho intramolecular Hbond substituents is 1. The van der Waals surface area contributed by atoms with E-state index in [9.17, 15) is 45.0 Å². The van der Waals surface area contributed by atoms with Crippen LogP contribution < -0.4 is 19.3 Å². The zero-order valence-electron chi connectivity index (χ0n) is 48.2. The Kier molecular flexibility index (Phi) is 35.1. The van der Waals surface area contributed by atoms with Crippen molar-refractivity contribution in [3.63, 3.8) is 0 Å². The van der Waals surface area contributed by atoms with Crippen molar-refractivity contribution in [1.29, 1.82) is 0 Å². The van der Waals surface area contributed by atoms with Crippen LogP contribution in [0, 0.1) is 82.0 Å². The van der Waals surface area contributed by atoms with Crippen molar-refractivity contribution in [2.24, 2.45) is 35.5 Å². The first-order chi connectivity index (χ1) is 38.0. The summed E-state index contributed by atoms with van der Waals surface area (Å²) in [4.78, 5) is 12.3. The number of rotatable bonds is 19. The van der Waals surface area contributed by atoms with Gasteiger partial charge in [-0.3, -0.25) is 4.79 Å². The molecule has 79 heavy (non-hydrogen) atoms. The van der Waals surface area contributed by atoms with Crippen LogP contribution in [0.25, 0.3) is 0 Å². The fourth-order valence-electron chi connectivity index (χ4n) is 10.8. The fraction of sp³-hybridized carbons (Fsp3) is 0.609. The van der Waals surface area contributed by atoms with Crippen molar-refractivity contribution in [2.45, 2.75) is 189 Å². The van der Waals surface area contributed by atoms with Crippen LogP contribution in [0.2, 0.25) is 0 Å². The molecule has 3 aliphatic carbocycles. The highest BCUT2D eigenvalue weighted by molar-refractivity contribution is 5.96. The summed E-state index contributed by atoms with van der Waals surface area (Å²) < 4.78 is 120. The molecular weight excluding hydrogens is 1030 g/mol. The number of Topliss-reactive ketones (excluding diaryl/α,β-unsaturated/α-hetero) is 1. The van der Waals surface area contributed by atoms with Crippen LogP contribution in [0.3, 0.4) is 0 Å². The Morgan fingerprint density at radius 1 is 0.481 bits per heavy atom. The fourth-order valence-corrected chi connectivity index (χ4v) is 10.8. The van der Waals surface area contributed by atoms with Crippen LogP contribution in [-0.4, -0.2) is 42.9 Å². The Balaban J connectivity index is 0.000000353. The summed E-state index contributed by atoms with van der Waals surface area (Å²) in [5, 5.41) is 27.1. The predicted octanol–water partition coefficient (Wildman–Crippen LogP) is 17.9. The van der Waals surface area contributed by atoms with Crippen LogP contribution in [-0.2, 0) is 0 Å². The lowest BCUT2D eigenvalue weighted by atomic mass is 9.77. The van der Waals surface area contributed by atoms with E-state index in [2.05, 4.69) is 27.7 Å². The van der Waals surface area contributed by atoms with Gasteiger partial charge in [-0.1, -0.05) is 149 Å². The second-order valence-electron chi connectivity index (χ2n) is 20.8. The van der Waals surface area contributed by atoms with Gasteiger partial charge in [-0.05, 0) is 124 Å². The van der Waals surface area contributed by atoms with Gasteiger partial charge in [0.1, 0.15) is 0 Å². The zero-order chi connectivity index (χ0) is 58.9. The van der Waals surface area contributed by atoms with E-state index < -0.39 is 58.4 Å². The largest absolute Gasteiger partial charge is 0.857 e. The Labute approximate surface area is 466 Å². The van der Waals surface area contributed by atoms with Gasteiger partial charge in [0.25, 0.3) is 0 Å². The lowest BCUT2D eigenvalue weighted by Crippen LogP contribution is -2.18. The topological polar surface area (TPSA) is 108 Å². The summed E-state index contributed by atoms with van der Waals surface area (Å²) in [6, 6.07) is 12.6. The molecule has 15 heteroatoms. The molecule has 0 radical (unpaired) electrons. The second kappa shape index (κ2) is 39.5. The number of aliphatic hydroxyl groups is 1. The summed E-state index contributed by atoms with van der Waals surface area (Å²) in [6.07, 6.45) is 24.0. The highest BCUT2D eigenvalue weighted by Crippen LogP contribution is 2.39. The van der Waals surface area contributed by atoms with Gasteiger partial charge in [-0.2, -0.15) is 24.7 Å². The van der Waals surface area contributed by atoms with E-state index in [0.717, 1.165) is 87.5 Å². The van der Waals surface area contributed by atoms with Gasteiger partial charge in [0, 0.05) is 12.0 Å². The molecule has 0 aliphatic heterocycles. The average molecular weight is 1120 g/mol. The minimum absolute atomic E-state index is 0.0347. The number of hydrogen-bond donors (Lipinski definition) is 2. The number of phenols is 1. The molecule has 3 aliphatic rings. The molecule has 446 valence electrons. The molecular formula is C64H91F8O7-. The molecule has 7 rings (SSSR count). The first kappa shape index (κ1) is 70.2. The summed E-state index contributed by atoms with van der Waals surface area (Å²) in [5.41, 5.74) is -0.108. The molecule has 3 saturated carbocycles. The maximum Gasteiger partial charge on any atom is 0.201 e. The summed E-state index contributed by atoms with van der Waals surface area (Å²) >= 11 is 0. The monoisotopic (exact) mass is 1120 g/mol. The normalized spacial score (nSPS) is 19.8. The van der Waals surface area contributed by atoms with E-state index in [0.29, 0.717) is 31.3 Å². The molecule has 0 heterocycles. The first-order valence-corrected chi connectivity index (χ1v) is 29.0. The first-order valence-electron chi connectivity index (χ1n) is 29.0. The van der Waals surface area contributed by atoms with Crippen LogP contribution in [0.5, 0.6) is 23.0 Å². The van der Waals surface area contributed by atoms with Gasteiger partial charge in [-0.15, -0.1) is 0 Å². The Morgan fingerprint density at radius 2 is 0.873 bits per heavy atom. The molecule has 4 aromatic rings. The number of benzene rings is 4. The highest BCUT2D eigenvalue weighted by Gasteiger charge is 2.28. The van der Waals surface area contributed by atoms with Crippen molar-refractivity contribution in [3.05, 3.63) is 118 Å². The van der Waals surface area contributed by atoms with Crippen molar-refractivity contribution < 1.29 is 69.4 Å². The number of halogens is 8. The quantitative estimate of drug-likeness (QED) is 0.0711. The van der Waals surface area contributed by atoms with Crippen molar-refractivity contribution in [2.75, 3.05) is 26.9 Å². The maximum atomic E-state index is 14.1. The van der Waals surface area contributed by atoms with Gasteiger partial charge >= 0.3 is 0 Å². The second-order valence-corrected chi connectivity index (χ2v) is 20.8. The van der Waals surface area contributed by atoms with E-state index in [1.54, 1.807) is 20.8 Å². The highest BCUT2D eigenvalue weighted by atomic mass is 19.2. The number of aromatic hydroxyl groups is 1. The number of ketones is 1. The molecule has 1 unspecified atom stereocenters. The van der Waals surface area contributed by atoms with Crippen molar-refractivity contribution in [3.8, 4) is 23.0 Å². The standard InChI is InChI=1S/C19H28F2O2.C19H26F2O2.C11H22.C8H8F2O.C6H4F2O.CH3O/c2*1-3-5-13-6-8-14(9-7-13)12-16(22)15-10-11-17(23-4-2)19(21)18(15)20;1-3-5-11-8-6-10(4-2)7-9-11;1-2-11-7-5-3-4-6(9)8(7)10;7-4-2-1-3-5(9)6(4)8;1-2/h10-11,13-14,16,22H,3-9,12H2,1-2H3;10-11,13-14H,3-9,12H2,1-2H3;10-11H,3-9H2,1-2H3;3-5H,2H2,1H3;1-3,9H;1H3/q;;;;;-1. The molecule has 3 fully saturated rings. The Bertz CT molecular complexity index is 2270. The molecule has 0 aromatic heterocycles. The summed E-state index contributed by atoms with van der Waals surface area (Å²) in [5.74, 6) is -4.98. The third kappa shape index (κ3) is 24.4. The molecule has 7 nitrogen and oxygen atoms in total. The van der Waals surface area contributed by atoms with Gasteiger partial charge in [-0.25, -0.2) is 17.6 Å². The van der Waals surface area contributed by atoms with Gasteiger partial charge in [0.05, 0.1) is 31.5 Å². The zero-order valence-corrected chi connectivity index (χ0v) is 48.2. The lowest BCUT2D eigenvalue weighted by Gasteiger charge is -2.29. The van der Waals surface area contributed by atoms with Crippen LogP contribution >= 0.6 is 0 Å². The Morgan fingerprint density at radius 3 is 1.30 bits per heavy atom. The molecule has 2 N–H and O–H groups in total. The van der Waals surface area contributed by atoms with Gasteiger partial charge < -0.3 is 29.5 Å². The summed E-state index contributed by atoms with van der Waals surface area (Å²) in [7, 11) is 0.750. The van der Waals surface area contributed by atoms with E-state index in [1.165, 1.54) is 126 Å². The average Bonchev–Trinajstić information content (AvgIpc) is 3.46. The molecule has 0 bridgehead atoms. The van der Waals surface area contributed by atoms with E-state index in [4.69, 9.17) is 24.4 Å². The Hall–Kier alpha value is -4.89. The van der Waals surface area contributed by atoms with Crippen molar-refractivity contribution in [1.82, 2.24) is 0 Å². The summed E-state index contributed by atoms with van der Waals surface area (Å²) in [6.45, 7) is 15.0. The van der Waals surface area contributed by atoms with Crippen LogP contribution in [0.4, 0.5) is 35.1 Å². The third-order valence-electron chi connectivity index (χ3n) is 15.1. The third-order valence-corrected chi connectivity index (χ3v) is 15.1. The molecule has 0 saturated heterocycles. The number of ether oxygens (including phenoxy) is 3. The maximum absolute atomic E-state index is 14.1. The van der Waals surface area contributed by atoms with Gasteiger partial charge in [0.2, 0.25) is 17.5 Å². The smallest absolute Gasteiger partial charge is 0.201 e. The number of hydrogen-bond acceptors (Lipinski definition) is 7. The van der Waals surface area contributed by atoms with E-state index >= 15 is 0 Å². The minimum atomic E-state index is -1.20. The lowest BCUT2D eigenvalue weighted by molar-refractivity contribution is -0.325. The molecule has 1 atom stereocenters. The minimum Gasteiger partial charge on any atom is -0.857 e.